The second-order valence-electron chi connectivity index (χ2n) is 5.19. The Kier molecular flexibility index (Phi) is 2.55. The van der Waals surface area contributed by atoms with Crippen molar-refractivity contribution < 1.29 is 4.79 Å². The van der Waals surface area contributed by atoms with Crippen molar-refractivity contribution in [2.45, 2.75) is 44.4 Å². The maximum atomic E-state index is 12.3. The molecule has 1 heteroatoms. The van der Waals surface area contributed by atoms with E-state index in [2.05, 4.69) is 24.3 Å². The number of ketones is 1. The Balaban J connectivity index is 1.73. The summed E-state index contributed by atoms with van der Waals surface area (Å²) in [6, 6.07) is 8.41. The predicted molar refractivity (Wildman–Crippen MR) is 64.5 cm³/mol. The number of benzene rings is 1. The summed E-state index contributed by atoms with van der Waals surface area (Å²) in [5.74, 6) is 1.13. The summed E-state index contributed by atoms with van der Waals surface area (Å²) in [5, 5.41) is 0. The molecular formula is C15H18O. The Hall–Kier alpha value is -1.11. The van der Waals surface area contributed by atoms with E-state index in [-0.39, 0.29) is 5.92 Å². The van der Waals surface area contributed by atoms with E-state index in [0.29, 0.717) is 11.7 Å². The molecule has 3 rings (SSSR count). The SMILES string of the molecule is O=C(C1CCCCC1)[C@H]1Cc2ccccc21. The molecule has 1 nitrogen and oxygen atoms in total. The zero-order chi connectivity index (χ0) is 11.0. The van der Waals surface area contributed by atoms with Gasteiger partial charge in [-0.3, -0.25) is 4.79 Å². The summed E-state index contributed by atoms with van der Waals surface area (Å²) in [5.41, 5.74) is 2.69. The van der Waals surface area contributed by atoms with Gasteiger partial charge in [0, 0.05) is 11.8 Å². The Bertz CT molecular complexity index is 402. The summed E-state index contributed by atoms with van der Waals surface area (Å²) in [6.07, 6.45) is 7.10. The highest BCUT2D eigenvalue weighted by molar-refractivity contribution is 5.90. The van der Waals surface area contributed by atoms with Gasteiger partial charge in [-0.1, -0.05) is 43.5 Å². The average molecular weight is 214 g/mol. The minimum atomic E-state index is 0.235. The van der Waals surface area contributed by atoms with Crippen LogP contribution >= 0.6 is 0 Å². The average Bonchev–Trinajstić information content (AvgIpc) is 2.32. The molecule has 1 fully saturated rings. The number of Topliss-reactive ketones (excluding diaryl/α,β-unsaturated/α-hetero) is 1. The van der Waals surface area contributed by atoms with Crippen molar-refractivity contribution in [1.29, 1.82) is 0 Å². The van der Waals surface area contributed by atoms with Crippen LogP contribution < -0.4 is 0 Å². The lowest BCUT2D eigenvalue weighted by Gasteiger charge is -2.33. The molecule has 84 valence electrons. The summed E-state index contributed by atoms with van der Waals surface area (Å²) in [7, 11) is 0. The van der Waals surface area contributed by atoms with Gasteiger partial charge in [0.15, 0.2) is 0 Å². The van der Waals surface area contributed by atoms with Gasteiger partial charge in [0.2, 0.25) is 0 Å². The van der Waals surface area contributed by atoms with Crippen molar-refractivity contribution >= 4 is 5.78 Å². The van der Waals surface area contributed by atoms with E-state index in [1.165, 1.54) is 30.4 Å². The van der Waals surface area contributed by atoms with Crippen LogP contribution in [0.5, 0.6) is 0 Å². The number of rotatable bonds is 2. The quantitative estimate of drug-likeness (QED) is 0.736. The summed E-state index contributed by atoms with van der Waals surface area (Å²) in [4.78, 5) is 12.3. The fraction of sp³-hybridized carbons (Fsp3) is 0.533. The van der Waals surface area contributed by atoms with E-state index in [1.807, 2.05) is 0 Å². The summed E-state index contributed by atoms with van der Waals surface area (Å²) < 4.78 is 0. The zero-order valence-corrected chi connectivity index (χ0v) is 9.61. The molecular weight excluding hydrogens is 196 g/mol. The topological polar surface area (TPSA) is 17.1 Å². The fourth-order valence-corrected chi connectivity index (χ4v) is 3.18. The molecule has 16 heavy (non-hydrogen) atoms. The second-order valence-corrected chi connectivity index (χ2v) is 5.19. The van der Waals surface area contributed by atoms with Crippen LogP contribution in [0.15, 0.2) is 24.3 Å². The minimum Gasteiger partial charge on any atom is -0.299 e. The van der Waals surface area contributed by atoms with Crippen molar-refractivity contribution in [3.8, 4) is 0 Å². The standard InChI is InChI=1S/C15H18O/c16-15(11-6-2-1-3-7-11)14-10-12-8-4-5-9-13(12)14/h4-5,8-9,11,14H,1-3,6-7,10H2/t14-/m0/s1. The summed E-state index contributed by atoms with van der Waals surface area (Å²) in [6.45, 7) is 0. The van der Waals surface area contributed by atoms with Gasteiger partial charge in [-0.05, 0) is 30.4 Å². The number of hydrogen-bond donors (Lipinski definition) is 0. The first-order chi connectivity index (χ1) is 7.86. The van der Waals surface area contributed by atoms with E-state index in [9.17, 15) is 4.79 Å². The Labute approximate surface area is 96.9 Å². The molecule has 0 bridgehead atoms. The predicted octanol–water partition coefficient (Wildman–Crippen LogP) is 3.48. The maximum Gasteiger partial charge on any atom is 0.143 e. The van der Waals surface area contributed by atoms with E-state index in [4.69, 9.17) is 0 Å². The van der Waals surface area contributed by atoms with Gasteiger partial charge in [0.1, 0.15) is 5.78 Å². The molecule has 1 aromatic carbocycles. The molecule has 0 heterocycles. The molecule has 0 aromatic heterocycles. The Morgan fingerprint density at radius 2 is 1.81 bits per heavy atom. The van der Waals surface area contributed by atoms with Crippen LogP contribution in [0.1, 0.15) is 49.1 Å². The van der Waals surface area contributed by atoms with Gasteiger partial charge in [0.05, 0.1) is 0 Å². The van der Waals surface area contributed by atoms with Crippen molar-refractivity contribution in [2.24, 2.45) is 5.92 Å². The van der Waals surface area contributed by atoms with Crippen LogP contribution in [-0.2, 0) is 11.2 Å². The molecule has 0 spiro atoms. The number of carbonyl (C=O) groups excluding carboxylic acids is 1. The molecule has 0 unspecified atom stereocenters. The third-order valence-corrected chi connectivity index (χ3v) is 4.21. The molecule has 1 aromatic rings. The highest BCUT2D eigenvalue weighted by Gasteiger charge is 2.35. The Morgan fingerprint density at radius 1 is 1.06 bits per heavy atom. The third-order valence-electron chi connectivity index (χ3n) is 4.21. The van der Waals surface area contributed by atoms with Crippen LogP contribution in [0.25, 0.3) is 0 Å². The van der Waals surface area contributed by atoms with Crippen molar-refractivity contribution in [3.05, 3.63) is 35.4 Å². The van der Waals surface area contributed by atoms with Gasteiger partial charge >= 0.3 is 0 Å². The monoisotopic (exact) mass is 214 g/mol. The van der Waals surface area contributed by atoms with Crippen LogP contribution in [0.4, 0.5) is 0 Å². The lowest BCUT2D eigenvalue weighted by atomic mass is 9.70. The van der Waals surface area contributed by atoms with Gasteiger partial charge < -0.3 is 0 Å². The molecule has 0 aliphatic heterocycles. The van der Waals surface area contributed by atoms with E-state index in [1.54, 1.807) is 0 Å². The van der Waals surface area contributed by atoms with Crippen LogP contribution in [0.3, 0.4) is 0 Å². The number of fused-ring (bicyclic) bond motifs is 1. The Morgan fingerprint density at radius 3 is 2.56 bits per heavy atom. The van der Waals surface area contributed by atoms with Crippen LogP contribution in [0, 0.1) is 5.92 Å². The first-order valence-electron chi connectivity index (χ1n) is 6.48. The third kappa shape index (κ3) is 1.59. The first kappa shape index (κ1) is 10.1. The minimum absolute atomic E-state index is 0.235. The van der Waals surface area contributed by atoms with Gasteiger partial charge in [0.25, 0.3) is 0 Å². The first-order valence-corrected chi connectivity index (χ1v) is 6.48. The van der Waals surface area contributed by atoms with Crippen molar-refractivity contribution in [3.63, 3.8) is 0 Å². The largest absolute Gasteiger partial charge is 0.299 e. The maximum absolute atomic E-state index is 12.3. The number of hydrogen-bond acceptors (Lipinski definition) is 1. The molecule has 0 amide bonds. The molecule has 1 atom stereocenters. The van der Waals surface area contributed by atoms with Gasteiger partial charge in [-0.2, -0.15) is 0 Å². The molecule has 0 saturated heterocycles. The number of carbonyl (C=O) groups is 1. The zero-order valence-electron chi connectivity index (χ0n) is 9.61. The second kappa shape index (κ2) is 4.04. The van der Waals surface area contributed by atoms with E-state index in [0.717, 1.165) is 19.3 Å². The highest BCUT2D eigenvalue weighted by atomic mass is 16.1. The van der Waals surface area contributed by atoms with E-state index >= 15 is 0 Å². The normalized spacial score (nSPS) is 24.6. The van der Waals surface area contributed by atoms with Gasteiger partial charge in [-0.15, -0.1) is 0 Å². The van der Waals surface area contributed by atoms with Crippen LogP contribution in [0.2, 0.25) is 0 Å². The molecule has 2 aliphatic carbocycles. The van der Waals surface area contributed by atoms with Crippen LogP contribution in [-0.4, -0.2) is 5.78 Å². The molecule has 0 N–H and O–H groups in total. The van der Waals surface area contributed by atoms with Crippen molar-refractivity contribution in [1.82, 2.24) is 0 Å². The molecule has 2 aliphatic rings. The fourth-order valence-electron chi connectivity index (χ4n) is 3.18. The lowest BCUT2D eigenvalue weighted by Crippen LogP contribution is -2.31. The highest BCUT2D eigenvalue weighted by Crippen LogP contribution is 2.39. The van der Waals surface area contributed by atoms with E-state index < -0.39 is 0 Å². The molecule has 0 radical (unpaired) electrons. The lowest BCUT2D eigenvalue weighted by molar-refractivity contribution is -0.125. The smallest absolute Gasteiger partial charge is 0.143 e. The van der Waals surface area contributed by atoms with Gasteiger partial charge in [-0.25, -0.2) is 0 Å². The summed E-state index contributed by atoms with van der Waals surface area (Å²) >= 11 is 0. The molecule has 1 saturated carbocycles. The van der Waals surface area contributed by atoms with Crippen molar-refractivity contribution in [2.75, 3.05) is 0 Å².